The molecule has 11 heteroatoms. The fourth-order valence-electron chi connectivity index (χ4n) is 3.52. The molecular weight excluding hydrogens is 454 g/mol. The monoisotopic (exact) mass is 473 g/mol. The number of benzene rings is 2. The second kappa shape index (κ2) is 8.87. The van der Waals surface area contributed by atoms with Crippen LogP contribution in [0.2, 0.25) is 0 Å². The molecule has 5 aromatic rings. The van der Waals surface area contributed by atoms with Crippen LogP contribution in [0.4, 0.5) is 11.6 Å². The van der Waals surface area contributed by atoms with Crippen LogP contribution in [0.3, 0.4) is 0 Å². The zero-order chi connectivity index (χ0) is 23.7. The highest BCUT2D eigenvalue weighted by atomic mass is 32.1. The number of aromatic nitrogens is 5. The number of nitrogens with zero attached hydrogens (tertiary/aromatic N) is 4. The topological polar surface area (TPSA) is 134 Å². The van der Waals surface area contributed by atoms with E-state index in [0.29, 0.717) is 27.4 Å². The number of H-pyrrole nitrogens is 1. The number of carbonyl (C=O) groups is 2. The standard InChI is InChI=1S/C23H19N7O3S/c1-13(31)24-15-8-6-14(7-9-15)19-12-34-23-28-22(29-30(19)23)27-20(32)11-10-18-21(33)26-17-5-3-2-4-16(17)25-18/h2-9,12H,10-11H2,1H3,(H,24,31)(H,26,33)(H,27,29,32). The number of carbonyl (C=O) groups excluding carboxylic acids is 2. The number of aryl methyl sites for hydroxylation is 1. The second-order valence-electron chi connectivity index (χ2n) is 7.59. The summed E-state index contributed by atoms with van der Waals surface area (Å²) in [6.07, 6.45) is 0.263. The molecule has 0 aliphatic heterocycles. The number of fused-ring (bicyclic) bond motifs is 2. The first-order chi connectivity index (χ1) is 16.5. The van der Waals surface area contributed by atoms with Crippen LogP contribution >= 0.6 is 11.3 Å². The van der Waals surface area contributed by atoms with Gasteiger partial charge in [-0.2, -0.15) is 4.98 Å². The van der Waals surface area contributed by atoms with Crippen molar-refractivity contribution in [2.45, 2.75) is 19.8 Å². The lowest BCUT2D eigenvalue weighted by Gasteiger charge is -2.04. The lowest BCUT2D eigenvalue weighted by Crippen LogP contribution is -2.19. The summed E-state index contributed by atoms with van der Waals surface area (Å²) >= 11 is 1.40. The quantitative estimate of drug-likeness (QED) is 0.347. The van der Waals surface area contributed by atoms with Crippen LogP contribution in [0.15, 0.2) is 58.7 Å². The summed E-state index contributed by atoms with van der Waals surface area (Å²) in [7, 11) is 0. The summed E-state index contributed by atoms with van der Waals surface area (Å²) in [5, 5.41) is 11.7. The average Bonchev–Trinajstić information content (AvgIpc) is 3.38. The molecule has 10 nitrogen and oxygen atoms in total. The van der Waals surface area contributed by atoms with E-state index in [0.717, 1.165) is 11.3 Å². The van der Waals surface area contributed by atoms with Gasteiger partial charge in [-0.05, 0) is 24.3 Å². The molecule has 0 spiro atoms. The molecule has 3 heterocycles. The molecular formula is C23H19N7O3S. The number of thiazole rings is 1. The van der Waals surface area contributed by atoms with Gasteiger partial charge in [-0.3, -0.25) is 19.7 Å². The van der Waals surface area contributed by atoms with Gasteiger partial charge in [-0.15, -0.1) is 16.4 Å². The number of aromatic amines is 1. The summed E-state index contributed by atoms with van der Waals surface area (Å²) in [5.41, 5.74) is 3.74. The minimum Gasteiger partial charge on any atom is -0.326 e. The minimum absolute atomic E-state index is 0.0682. The van der Waals surface area contributed by atoms with Crippen molar-refractivity contribution >= 4 is 50.8 Å². The Kier molecular flexibility index (Phi) is 5.60. The zero-order valence-corrected chi connectivity index (χ0v) is 18.8. The van der Waals surface area contributed by atoms with E-state index in [1.807, 2.05) is 47.8 Å². The molecule has 0 aliphatic rings. The van der Waals surface area contributed by atoms with Crippen LogP contribution < -0.4 is 16.2 Å². The molecule has 0 atom stereocenters. The van der Waals surface area contributed by atoms with Gasteiger partial charge < -0.3 is 10.3 Å². The third kappa shape index (κ3) is 4.41. The molecule has 34 heavy (non-hydrogen) atoms. The molecule has 0 bridgehead atoms. The van der Waals surface area contributed by atoms with Crippen molar-refractivity contribution in [3.8, 4) is 11.3 Å². The highest BCUT2D eigenvalue weighted by Crippen LogP contribution is 2.27. The number of rotatable bonds is 6. The Balaban J connectivity index is 1.28. The Morgan fingerprint density at radius 1 is 1.06 bits per heavy atom. The molecule has 0 aliphatic carbocycles. The summed E-state index contributed by atoms with van der Waals surface area (Å²) in [6.45, 7) is 1.46. The predicted molar refractivity (Wildman–Crippen MR) is 130 cm³/mol. The van der Waals surface area contributed by atoms with Crippen molar-refractivity contribution in [2.24, 2.45) is 0 Å². The van der Waals surface area contributed by atoms with E-state index in [-0.39, 0.29) is 36.2 Å². The number of nitrogens with one attached hydrogen (secondary N) is 3. The molecule has 0 unspecified atom stereocenters. The maximum atomic E-state index is 12.5. The summed E-state index contributed by atoms with van der Waals surface area (Å²) in [5.74, 6) is -0.259. The van der Waals surface area contributed by atoms with Gasteiger partial charge in [0.1, 0.15) is 5.69 Å². The Morgan fingerprint density at radius 3 is 2.65 bits per heavy atom. The third-order valence-corrected chi connectivity index (χ3v) is 5.91. The van der Waals surface area contributed by atoms with Crippen LogP contribution in [0, 0.1) is 0 Å². The first-order valence-electron chi connectivity index (χ1n) is 10.5. The fourth-order valence-corrected chi connectivity index (χ4v) is 4.35. The molecule has 0 saturated heterocycles. The molecule has 0 fully saturated rings. The maximum absolute atomic E-state index is 12.5. The van der Waals surface area contributed by atoms with E-state index in [9.17, 15) is 14.4 Å². The lowest BCUT2D eigenvalue weighted by molar-refractivity contribution is -0.116. The molecule has 3 N–H and O–H groups in total. The third-order valence-electron chi connectivity index (χ3n) is 5.09. The zero-order valence-electron chi connectivity index (χ0n) is 18.0. The maximum Gasteiger partial charge on any atom is 0.270 e. The molecule has 2 amide bonds. The van der Waals surface area contributed by atoms with Crippen LogP contribution in [0.1, 0.15) is 19.0 Å². The number of hydrogen-bond acceptors (Lipinski definition) is 7. The molecule has 0 saturated carbocycles. The van der Waals surface area contributed by atoms with Gasteiger partial charge in [0, 0.05) is 36.4 Å². The van der Waals surface area contributed by atoms with Crippen molar-refractivity contribution in [2.75, 3.05) is 10.6 Å². The minimum atomic E-state index is -0.311. The van der Waals surface area contributed by atoms with E-state index in [1.54, 1.807) is 10.6 Å². The molecule has 170 valence electrons. The summed E-state index contributed by atoms with van der Waals surface area (Å²) < 4.78 is 1.66. The van der Waals surface area contributed by atoms with E-state index in [1.165, 1.54) is 18.3 Å². The normalized spacial score (nSPS) is 11.1. The predicted octanol–water partition coefficient (Wildman–Crippen LogP) is 3.22. The fraction of sp³-hybridized carbons (Fsp3) is 0.130. The summed E-state index contributed by atoms with van der Waals surface area (Å²) in [6, 6.07) is 14.6. The van der Waals surface area contributed by atoms with E-state index in [2.05, 4.69) is 30.7 Å². The lowest BCUT2D eigenvalue weighted by atomic mass is 10.1. The second-order valence-corrected chi connectivity index (χ2v) is 8.42. The van der Waals surface area contributed by atoms with Crippen LogP contribution in [0.5, 0.6) is 0 Å². The average molecular weight is 474 g/mol. The Labute approximate surface area is 196 Å². The molecule has 0 radical (unpaired) electrons. The summed E-state index contributed by atoms with van der Waals surface area (Å²) in [4.78, 5) is 48.1. The van der Waals surface area contributed by atoms with Gasteiger partial charge in [0.2, 0.25) is 22.7 Å². The highest BCUT2D eigenvalue weighted by Gasteiger charge is 2.14. The molecule has 3 aromatic heterocycles. The SMILES string of the molecule is CC(=O)Nc1ccc(-c2csc3nc(NC(=O)CCc4nc5ccccc5[nH]c4=O)nn23)cc1. The number of para-hydroxylation sites is 2. The van der Waals surface area contributed by atoms with Crippen LogP contribution in [-0.4, -0.2) is 36.4 Å². The Bertz CT molecular complexity index is 1580. The van der Waals surface area contributed by atoms with Gasteiger partial charge in [0.25, 0.3) is 5.56 Å². The van der Waals surface area contributed by atoms with Crippen molar-refractivity contribution in [1.29, 1.82) is 0 Å². The number of anilines is 2. The Morgan fingerprint density at radius 2 is 1.85 bits per heavy atom. The van der Waals surface area contributed by atoms with Gasteiger partial charge >= 0.3 is 0 Å². The van der Waals surface area contributed by atoms with E-state index >= 15 is 0 Å². The van der Waals surface area contributed by atoms with E-state index in [4.69, 9.17) is 0 Å². The van der Waals surface area contributed by atoms with Gasteiger partial charge in [0.05, 0.1) is 16.7 Å². The van der Waals surface area contributed by atoms with Gasteiger partial charge in [-0.1, -0.05) is 24.3 Å². The highest BCUT2D eigenvalue weighted by molar-refractivity contribution is 7.15. The number of hydrogen-bond donors (Lipinski definition) is 3. The van der Waals surface area contributed by atoms with Crippen molar-refractivity contribution in [1.82, 2.24) is 24.6 Å². The smallest absolute Gasteiger partial charge is 0.270 e. The van der Waals surface area contributed by atoms with Gasteiger partial charge in [0.15, 0.2) is 0 Å². The van der Waals surface area contributed by atoms with E-state index < -0.39 is 0 Å². The number of amides is 2. The van der Waals surface area contributed by atoms with Crippen molar-refractivity contribution in [3.05, 3.63) is 70.0 Å². The first-order valence-corrected chi connectivity index (χ1v) is 11.3. The molecule has 5 rings (SSSR count). The van der Waals surface area contributed by atoms with Crippen molar-refractivity contribution < 1.29 is 9.59 Å². The van der Waals surface area contributed by atoms with Gasteiger partial charge in [-0.25, -0.2) is 9.50 Å². The van der Waals surface area contributed by atoms with Crippen molar-refractivity contribution in [3.63, 3.8) is 0 Å². The first kappa shape index (κ1) is 21.5. The van der Waals surface area contributed by atoms with Crippen LogP contribution in [0.25, 0.3) is 27.3 Å². The molecule has 2 aromatic carbocycles. The largest absolute Gasteiger partial charge is 0.326 e. The Hall–Kier alpha value is -4.38. The van der Waals surface area contributed by atoms with Crippen LogP contribution in [-0.2, 0) is 16.0 Å².